The van der Waals surface area contributed by atoms with Crippen molar-refractivity contribution in [2.45, 2.75) is 12.2 Å². The summed E-state index contributed by atoms with van der Waals surface area (Å²) in [5.74, 6) is -1.96. The van der Waals surface area contributed by atoms with E-state index in [4.69, 9.17) is 9.15 Å². The zero-order valence-corrected chi connectivity index (χ0v) is 17.0. The molecule has 1 fully saturated rings. The third kappa shape index (κ3) is 3.89. The van der Waals surface area contributed by atoms with E-state index in [1.54, 1.807) is 10.6 Å². The van der Waals surface area contributed by atoms with Crippen molar-refractivity contribution in [1.82, 2.24) is 14.5 Å². The number of anilines is 1. The molecule has 1 saturated heterocycles. The summed E-state index contributed by atoms with van der Waals surface area (Å²) >= 11 is 0. The predicted molar refractivity (Wildman–Crippen MR) is 112 cm³/mol. The maximum atomic E-state index is 14.6. The monoisotopic (exact) mass is 454 g/mol. The van der Waals surface area contributed by atoms with Crippen LogP contribution in [-0.2, 0) is 4.74 Å². The Kier molecular flexibility index (Phi) is 5.43. The second-order valence-corrected chi connectivity index (χ2v) is 7.45. The zero-order valence-electron chi connectivity index (χ0n) is 17.0. The molecule has 10 heteroatoms. The van der Waals surface area contributed by atoms with Gasteiger partial charge in [0.15, 0.2) is 5.82 Å². The Morgan fingerprint density at radius 3 is 2.67 bits per heavy atom. The predicted octanol–water partition coefficient (Wildman–Crippen LogP) is 4.65. The van der Waals surface area contributed by atoms with Crippen LogP contribution in [0.25, 0.3) is 22.5 Å². The van der Waals surface area contributed by atoms with Crippen LogP contribution in [-0.4, -0.2) is 39.8 Å². The summed E-state index contributed by atoms with van der Waals surface area (Å²) in [5, 5.41) is 2.45. The minimum Gasteiger partial charge on any atom is -0.458 e. The van der Waals surface area contributed by atoms with Crippen LogP contribution in [0.1, 0.15) is 16.6 Å². The van der Waals surface area contributed by atoms with Crippen LogP contribution in [0.2, 0.25) is 0 Å². The molecule has 4 heterocycles. The van der Waals surface area contributed by atoms with Crippen molar-refractivity contribution < 1.29 is 27.1 Å². The minimum absolute atomic E-state index is 0.0613. The summed E-state index contributed by atoms with van der Waals surface area (Å²) in [6.45, 7) is 0.0587. The van der Waals surface area contributed by atoms with Crippen LogP contribution in [0.5, 0.6) is 0 Å². The third-order valence-electron chi connectivity index (χ3n) is 5.40. The lowest BCUT2D eigenvalue weighted by Crippen LogP contribution is -2.19. The number of halogens is 3. The van der Waals surface area contributed by atoms with E-state index in [1.807, 2.05) is 0 Å². The molecule has 5 rings (SSSR count). The number of hydrogen-bond acceptors (Lipinski definition) is 5. The quantitative estimate of drug-likeness (QED) is 0.475. The van der Waals surface area contributed by atoms with Gasteiger partial charge in [-0.3, -0.25) is 9.78 Å². The summed E-state index contributed by atoms with van der Waals surface area (Å²) in [7, 11) is 0. The molecule has 4 aromatic rings. The molecule has 0 spiro atoms. The number of rotatable bonds is 5. The van der Waals surface area contributed by atoms with Gasteiger partial charge in [0.05, 0.1) is 60.7 Å². The van der Waals surface area contributed by atoms with Gasteiger partial charge in [-0.1, -0.05) is 0 Å². The summed E-state index contributed by atoms with van der Waals surface area (Å²) < 4.78 is 54.4. The number of carbonyl (C=O) groups is 1. The number of nitrogens with one attached hydrogen (secondary N) is 1. The summed E-state index contributed by atoms with van der Waals surface area (Å²) in [5.41, 5.74) is 1.61. The van der Waals surface area contributed by atoms with Crippen LogP contribution in [0, 0.1) is 11.6 Å². The maximum absolute atomic E-state index is 14.6. The first-order valence-corrected chi connectivity index (χ1v) is 10.1. The molecule has 0 unspecified atom stereocenters. The largest absolute Gasteiger partial charge is 0.458 e. The molecule has 1 N–H and O–H groups in total. The highest BCUT2D eigenvalue weighted by Gasteiger charge is 2.34. The van der Waals surface area contributed by atoms with Gasteiger partial charge in [-0.2, -0.15) is 0 Å². The Morgan fingerprint density at radius 1 is 1.12 bits per heavy atom. The Bertz CT molecular complexity index is 1300. The van der Waals surface area contributed by atoms with Crippen molar-refractivity contribution in [3.63, 3.8) is 0 Å². The molecule has 7 nitrogen and oxygen atoms in total. The highest BCUT2D eigenvalue weighted by atomic mass is 19.1. The van der Waals surface area contributed by atoms with Gasteiger partial charge in [0.1, 0.15) is 12.0 Å². The number of alkyl halides is 1. The lowest BCUT2D eigenvalue weighted by Gasteiger charge is -2.17. The fourth-order valence-corrected chi connectivity index (χ4v) is 3.80. The normalized spacial score (nSPS) is 17.9. The zero-order chi connectivity index (χ0) is 22.9. The van der Waals surface area contributed by atoms with E-state index in [9.17, 15) is 18.0 Å². The lowest BCUT2D eigenvalue weighted by molar-refractivity contribution is 0.0997. The molecule has 1 aromatic carbocycles. The second-order valence-electron chi connectivity index (χ2n) is 7.45. The molecule has 3 aromatic heterocycles. The third-order valence-corrected chi connectivity index (χ3v) is 5.40. The van der Waals surface area contributed by atoms with Crippen molar-refractivity contribution in [3.8, 4) is 22.5 Å². The van der Waals surface area contributed by atoms with Crippen LogP contribution >= 0.6 is 0 Å². The van der Waals surface area contributed by atoms with Crippen LogP contribution < -0.4 is 5.32 Å². The van der Waals surface area contributed by atoms with Gasteiger partial charge in [-0.25, -0.2) is 18.2 Å². The van der Waals surface area contributed by atoms with Gasteiger partial charge < -0.3 is 19.0 Å². The van der Waals surface area contributed by atoms with E-state index in [0.29, 0.717) is 22.5 Å². The average molecular weight is 454 g/mol. The number of carbonyl (C=O) groups excluding carboxylic acids is 1. The Morgan fingerprint density at radius 2 is 1.94 bits per heavy atom. The maximum Gasteiger partial charge on any atom is 0.292 e. The van der Waals surface area contributed by atoms with E-state index in [1.165, 1.54) is 49.1 Å². The average Bonchev–Trinajstić information content (AvgIpc) is 3.54. The molecular weight excluding hydrogens is 437 g/mol. The fraction of sp³-hybridized carbons (Fsp3) is 0.174. The minimum atomic E-state index is -1.28. The molecule has 0 aliphatic carbocycles. The Balaban J connectivity index is 1.61. The van der Waals surface area contributed by atoms with E-state index in [0.717, 1.165) is 6.20 Å². The van der Waals surface area contributed by atoms with Crippen LogP contribution in [0.3, 0.4) is 0 Å². The number of imidazole rings is 1. The summed E-state index contributed by atoms with van der Waals surface area (Å²) in [4.78, 5) is 21.0. The number of furan rings is 1. The smallest absolute Gasteiger partial charge is 0.292 e. The lowest BCUT2D eigenvalue weighted by atomic mass is 10.0. The van der Waals surface area contributed by atoms with Gasteiger partial charge in [-0.05, 0) is 36.4 Å². The van der Waals surface area contributed by atoms with Crippen molar-refractivity contribution in [2.24, 2.45) is 0 Å². The summed E-state index contributed by atoms with van der Waals surface area (Å²) in [6, 6.07) is 7.82. The first-order chi connectivity index (χ1) is 16.0. The van der Waals surface area contributed by atoms with Crippen molar-refractivity contribution in [2.75, 3.05) is 18.5 Å². The number of ether oxygens (including phenoxy) is 1. The molecule has 33 heavy (non-hydrogen) atoms. The molecule has 2 atom stereocenters. The van der Waals surface area contributed by atoms with Gasteiger partial charge >= 0.3 is 0 Å². The first kappa shape index (κ1) is 21.0. The topological polar surface area (TPSA) is 82.2 Å². The number of benzene rings is 1. The number of hydrogen-bond donors (Lipinski definition) is 1. The highest BCUT2D eigenvalue weighted by Crippen LogP contribution is 2.38. The van der Waals surface area contributed by atoms with E-state index >= 15 is 0 Å². The number of aromatic nitrogens is 3. The van der Waals surface area contributed by atoms with Gasteiger partial charge in [0, 0.05) is 11.8 Å². The highest BCUT2D eigenvalue weighted by molar-refractivity contribution is 6.07. The number of nitrogens with zero attached hydrogens (tertiary/aromatic N) is 3. The number of pyridine rings is 1. The molecular formula is C23H17F3N4O3. The van der Waals surface area contributed by atoms with E-state index < -0.39 is 29.8 Å². The van der Waals surface area contributed by atoms with E-state index in [2.05, 4.69) is 15.3 Å². The Hall–Kier alpha value is -3.92. The second kappa shape index (κ2) is 8.55. The molecule has 1 amide bonds. The molecule has 0 saturated carbocycles. The van der Waals surface area contributed by atoms with Crippen LogP contribution in [0.4, 0.5) is 18.9 Å². The molecule has 1 aliphatic rings. The fourth-order valence-electron chi connectivity index (χ4n) is 3.80. The number of amides is 1. The van der Waals surface area contributed by atoms with Gasteiger partial charge in [0.2, 0.25) is 5.76 Å². The molecule has 0 bridgehead atoms. The molecule has 0 radical (unpaired) electrons. The van der Waals surface area contributed by atoms with Crippen molar-refractivity contribution in [3.05, 3.63) is 78.8 Å². The Labute approximate surface area is 185 Å². The molecule has 1 aliphatic heterocycles. The van der Waals surface area contributed by atoms with Gasteiger partial charge in [0.25, 0.3) is 5.91 Å². The standard InChI is InChI=1S/C23H17F3N4O3/c24-14-3-1-13(2-4-14)20-21(30(12-28-20)19-11-32-10-17(19)26)15-6-8-33-22(15)23(31)29-18-5-7-27-9-16(18)25/h1-9,12,17,19H,10-11H2,(H,27,29,31)/t17-,19-/m1/s1. The van der Waals surface area contributed by atoms with E-state index in [-0.39, 0.29) is 24.7 Å². The van der Waals surface area contributed by atoms with Gasteiger partial charge in [-0.15, -0.1) is 0 Å². The van der Waals surface area contributed by atoms with Crippen LogP contribution in [0.15, 0.2) is 65.8 Å². The SMILES string of the molecule is O=C(Nc1ccncc1F)c1occc1-c1c(-c2ccc(F)cc2)ncn1[C@@H]1COC[C@H]1F. The van der Waals surface area contributed by atoms with Crippen molar-refractivity contribution in [1.29, 1.82) is 0 Å². The molecule has 168 valence electrons. The summed E-state index contributed by atoms with van der Waals surface area (Å²) in [6.07, 6.45) is 3.79. The first-order valence-electron chi connectivity index (χ1n) is 10.1. The van der Waals surface area contributed by atoms with Crippen molar-refractivity contribution >= 4 is 11.6 Å².